The summed E-state index contributed by atoms with van der Waals surface area (Å²) in [5.74, 6) is 1.67. The average Bonchev–Trinajstić information content (AvgIpc) is 3.04. The van der Waals surface area contributed by atoms with Gasteiger partial charge in [-0.3, -0.25) is 0 Å². The molecule has 0 saturated heterocycles. The van der Waals surface area contributed by atoms with E-state index in [1.54, 1.807) is 7.11 Å². The minimum atomic E-state index is 0.253. The molecule has 4 rings (SSSR count). The van der Waals surface area contributed by atoms with E-state index in [0.29, 0.717) is 11.8 Å². The number of allylic oxidation sites excluding steroid dienone is 2. The van der Waals surface area contributed by atoms with Crippen LogP contribution in [0.25, 0.3) is 0 Å². The van der Waals surface area contributed by atoms with Crippen LogP contribution in [0.2, 0.25) is 5.02 Å². The van der Waals surface area contributed by atoms with Gasteiger partial charge in [0.1, 0.15) is 5.75 Å². The number of rotatable bonds is 2. The first-order valence-electron chi connectivity index (χ1n) is 7.74. The first-order chi connectivity index (χ1) is 11.2. The summed E-state index contributed by atoms with van der Waals surface area (Å²) in [7, 11) is 1.70. The van der Waals surface area contributed by atoms with E-state index >= 15 is 0 Å². The molecule has 0 saturated carbocycles. The third-order valence-electron chi connectivity index (χ3n) is 4.88. The lowest BCUT2D eigenvalue weighted by atomic mass is 9.77. The van der Waals surface area contributed by atoms with Crippen molar-refractivity contribution in [2.75, 3.05) is 12.4 Å². The van der Waals surface area contributed by atoms with Gasteiger partial charge in [-0.2, -0.15) is 0 Å². The average molecular weight is 391 g/mol. The normalized spacial score (nSPS) is 24.7. The van der Waals surface area contributed by atoms with E-state index in [1.807, 2.05) is 12.1 Å². The Morgan fingerprint density at radius 3 is 2.70 bits per heavy atom. The zero-order valence-electron chi connectivity index (χ0n) is 12.7. The van der Waals surface area contributed by atoms with Gasteiger partial charge in [0, 0.05) is 21.0 Å². The predicted octanol–water partition coefficient (Wildman–Crippen LogP) is 5.94. The molecule has 2 aromatic carbocycles. The van der Waals surface area contributed by atoms with Gasteiger partial charge in [0.25, 0.3) is 0 Å². The van der Waals surface area contributed by atoms with Crippen molar-refractivity contribution in [2.24, 2.45) is 5.92 Å². The fraction of sp³-hybridized carbons (Fsp3) is 0.263. The van der Waals surface area contributed by atoms with E-state index in [9.17, 15) is 0 Å². The molecule has 2 nitrogen and oxygen atoms in total. The lowest BCUT2D eigenvalue weighted by Crippen LogP contribution is -2.29. The molecule has 1 aliphatic carbocycles. The van der Waals surface area contributed by atoms with Crippen LogP contribution in [-0.4, -0.2) is 7.11 Å². The van der Waals surface area contributed by atoms with Gasteiger partial charge < -0.3 is 10.1 Å². The lowest BCUT2D eigenvalue weighted by Gasteiger charge is -2.38. The predicted molar refractivity (Wildman–Crippen MR) is 98.5 cm³/mol. The molecule has 3 atom stereocenters. The molecular weight excluding hydrogens is 374 g/mol. The molecule has 1 heterocycles. The summed E-state index contributed by atoms with van der Waals surface area (Å²) in [6.07, 6.45) is 5.63. The standard InChI is InChI=1S/C19H17BrClNO/c1-23-16-10-9-15(21)17-13-3-2-4-14(13)18(22-19(16)17)11-5-7-12(20)8-6-11/h2-3,5-10,13-14,18,22H,4H2,1H3/t13-,14+,18+/m1/s1. The quantitative estimate of drug-likeness (QED) is 0.641. The minimum absolute atomic E-state index is 0.253. The van der Waals surface area contributed by atoms with Crippen molar-refractivity contribution in [3.63, 3.8) is 0 Å². The highest BCUT2D eigenvalue weighted by molar-refractivity contribution is 9.10. The summed E-state index contributed by atoms with van der Waals surface area (Å²) in [6, 6.07) is 12.7. The molecule has 0 spiro atoms. The molecule has 2 aliphatic rings. The maximum Gasteiger partial charge on any atom is 0.142 e. The van der Waals surface area contributed by atoms with Crippen molar-refractivity contribution >= 4 is 33.2 Å². The highest BCUT2D eigenvalue weighted by Gasteiger charge is 2.40. The Hall–Kier alpha value is -1.45. The smallest absolute Gasteiger partial charge is 0.142 e. The van der Waals surface area contributed by atoms with Crippen LogP contribution >= 0.6 is 27.5 Å². The summed E-state index contributed by atoms with van der Waals surface area (Å²) in [5, 5.41) is 4.51. The van der Waals surface area contributed by atoms with Crippen LogP contribution < -0.4 is 10.1 Å². The lowest BCUT2D eigenvalue weighted by molar-refractivity contribution is 0.397. The van der Waals surface area contributed by atoms with E-state index in [1.165, 1.54) is 5.56 Å². The van der Waals surface area contributed by atoms with Crippen molar-refractivity contribution in [2.45, 2.75) is 18.4 Å². The van der Waals surface area contributed by atoms with Gasteiger partial charge in [0.05, 0.1) is 18.8 Å². The van der Waals surface area contributed by atoms with E-state index in [0.717, 1.165) is 32.9 Å². The number of methoxy groups -OCH3 is 1. The molecule has 0 fully saturated rings. The molecule has 0 bridgehead atoms. The number of benzene rings is 2. The van der Waals surface area contributed by atoms with Crippen molar-refractivity contribution in [3.8, 4) is 5.75 Å². The number of anilines is 1. The van der Waals surface area contributed by atoms with E-state index in [4.69, 9.17) is 16.3 Å². The summed E-state index contributed by atoms with van der Waals surface area (Å²) < 4.78 is 6.66. The number of nitrogens with one attached hydrogen (secondary N) is 1. The van der Waals surface area contributed by atoms with Gasteiger partial charge in [-0.1, -0.05) is 51.8 Å². The summed E-state index contributed by atoms with van der Waals surface area (Å²) >= 11 is 10.0. The monoisotopic (exact) mass is 389 g/mol. The maximum absolute atomic E-state index is 6.52. The second-order valence-electron chi connectivity index (χ2n) is 6.07. The first kappa shape index (κ1) is 15.1. The summed E-state index contributed by atoms with van der Waals surface area (Å²) in [6.45, 7) is 0. The molecule has 1 N–H and O–H groups in total. The molecular formula is C19H17BrClNO. The van der Waals surface area contributed by atoms with E-state index in [-0.39, 0.29) is 6.04 Å². The van der Waals surface area contributed by atoms with Crippen LogP contribution in [0.4, 0.5) is 5.69 Å². The third kappa shape index (κ3) is 2.47. The van der Waals surface area contributed by atoms with E-state index in [2.05, 4.69) is 57.7 Å². The van der Waals surface area contributed by atoms with Crippen molar-refractivity contribution in [1.29, 1.82) is 0 Å². The molecule has 23 heavy (non-hydrogen) atoms. The fourth-order valence-corrected chi connectivity index (χ4v) is 4.36. The van der Waals surface area contributed by atoms with Crippen molar-refractivity contribution in [1.82, 2.24) is 0 Å². The molecule has 0 amide bonds. The second kappa shape index (κ2) is 5.88. The van der Waals surface area contributed by atoms with Crippen LogP contribution in [0.3, 0.4) is 0 Å². The zero-order chi connectivity index (χ0) is 16.0. The number of ether oxygens (including phenoxy) is 1. The molecule has 0 radical (unpaired) electrons. The Balaban J connectivity index is 1.84. The van der Waals surface area contributed by atoms with Crippen LogP contribution in [0.1, 0.15) is 29.5 Å². The molecule has 0 aromatic heterocycles. The topological polar surface area (TPSA) is 21.3 Å². The Kier molecular flexibility index (Phi) is 3.86. The Morgan fingerprint density at radius 1 is 1.17 bits per heavy atom. The number of halogens is 2. The van der Waals surface area contributed by atoms with Crippen molar-refractivity contribution < 1.29 is 4.74 Å². The molecule has 4 heteroatoms. The SMILES string of the molecule is COc1ccc(Cl)c2c1N[C@@H](c1ccc(Br)cc1)[C@H]1CC=C[C@@H]21. The second-order valence-corrected chi connectivity index (χ2v) is 7.39. The van der Waals surface area contributed by atoms with Gasteiger partial charge in [0.15, 0.2) is 0 Å². The van der Waals surface area contributed by atoms with Gasteiger partial charge in [-0.25, -0.2) is 0 Å². The first-order valence-corrected chi connectivity index (χ1v) is 8.91. The van der Waals surface area contributed by atoms with Crippen LogP contribution in [0.5, 0.6) is 5.75 Å². The number of fused-ring (bicyclic) bond motifs is 3. The van der Waals surface area contributed by atoms with Crippen LogP contribution in [-0.2, 0) is 0 Å². The minimum Gasteiger partial charge on any atom is -0.495 e. The fourth-order valence-electron chi connectivity index (χ4n) is 3.81. The molecule has 1 aliphatic heterocycles. The highest BCUT2D eigenvalue weighted by Crippen LogP contribution is 2.54. The molecule has 0 unspecified atom stereocenters. The summed E-state index contributed by atoms with van der Waals surface area (Å²) in [4.78, 5) is 0. The largest absolute Gasteiger partial charge is 0.495 e. The zero-order valence-corrected chi connectivity index (χ0v) is 15.1. The van der Waals surface area contributed by atoms with E-state index < -0.39 is 0 Å². The third-order valence-corrected chi connectivity index (χ3v) is 5.74. The van der Waals surface area contributed by atoms with Gasteiger partial charge >= 0.3 is 0 Å². The molecule has 2 aromatic rings. The van der Waals surface area contributed by atoms with Gasteiger partial charge in [0.2, 0.25) is 0 Å². The molecule has 118 valence electrons. The number of hydrogen-bond donors (Lipinski definition) is 1. The Bertz CT molecular complexity index is 772. The van der Waals surface area contributed by atoms with Crippen LogP contribution in [0.15, 0.2) is 53.0 Å². The van der Waals surface area contributed by atoms with Gasteiger partial charge in [-0.15, -0.1) is 0 Å². The summed E-state index contributed by atoms with van der Waals surface area (Å²) in [5.41, 5.74) is 3.48. The van der Waals surface area contributed by atoms with Gasteiger partial charge in [-0.05, 0) is 42.2 Å². The highest BCUT2D eigenvalue weighted by atomic mass is 79.9. The Labute approximate surface area is 149 Å². The Morgan fingerprint density at radius 2 is 1.96 bits per heavy atom. The van der Waals surface area contributed by atoms with Crippen LogP contribution in [0, 0.1) is 5.92 Å². The maximum atomic E-state index is 6.52. The number of hydrogen-bond acceptors (Lipinski definition) is 2. The van der Waals surface area contributed by atoms with Crippen molar-refractivity contribution in [3.05, 3.63) is 69.2 Å².